The summed E-state index contributed by atoms with van der Waals surface area (Å²) >= 11 is 0. The molecule has 1 heterocycles. The third-order valence-electron chi connectivity index (χ3n) is 0.543. The first-order valence-corrected chi connectivity index (χ1v) is 2.26. The Labute approximate surface area is 44.0 Å². The fraction of sp³-hybridized carbons (Fsp3) is 0. The number of furan rings is 1. The van der Waals surface area contributed by atoms with Crippen LogP contribution in [0.15, 0.2) is 22.8 Å². The second-order valence-electron chi connectivity index (χ2n) is 1.02. The summed E-state index contributed by atoms with van der Waals surface area (Å²) in [5.74, 6) is 0. The van der Waals surface area contributed by atoms with Gasteiger partial charge in [0.2, 0.25) is 0 Å². The molecule has 0 aromatic carbocycles. The fourth-order valence-corrected chi connectivity index (χ4v) is 0.481. The Morgan fingerprint density at radius 3 is 2.43 bits per heavy atom. The molecule has 7 heavy (non-hydrogen) atoms. The summed E-state index contributed by atoms with van der Waals surface area (Å²) in [6.45, 7) is 0. The normalized spacial score (nSPS) is 7.57. The highest BCUT2D eigenvalue weighted by Crippen LogP contribution is 1.86. The topological polar surface area (TPSA) is 44.6 Å². The molecule has 0 fully saturated rings. The molecule has 0 aliphatic carbocycles. The quantitative estimate of drug-likeness (QED) is 0.440. The molecule has 0 aliphatic rings. The standard InChI is InChI=1S/C4H5OP.H2O/c6-4-2-1-3-5-4;/h1-3H,6H2;1H2. The van der Waals surface area contributed by atoms with E-state index < -0.39 is 0 Å². The van der Waals surface area contributed by atoms with Crippen molar-refractivity contribution in [2.75, 3.05) is 0 Å². The van der Waals surface area contributed by atoms with Crippen LogP contribution in [0.3, 0.4) is 0 Å². The smallest absolute Gasteiger partial charge is 0.119 e. The van der Waals surface area contributed by atoms with Gasteiger partial charge in [-0.2, -0.15) is 0 Å². The Bertz CT molecular complexity index is 113. The van der Waals surface area contributed by atoms with Crippen LogP contribution in [0, 0.1) is 0 Å². The van der Waals surface area contributed by atoms with Crippen molar-refractivity contribution in [3.63, 3.8) is 0 Å². The molecule has 0 saturated heterocycles. The first kappa shape index (κ1) is 6.67. The van der Waals surface area contributed by atoms with Crippen molar-refractivity contribution in [3.05, 3.63) is 18.4 Å². The lowest BCUT2D eigenvalue weighted by molar-refractivity contribution is 0.604. The van der Waals surface area contributed by atoms with E-state index in [-0.39, 0.29) is 5.48 Å². The van der Waals surface area contributed by atoms with Crippen LogP contribution in [0.1, 0.15) is 0 Å². The maximum atomic E-state index is 4.80. The van der Waals surface area contributed by atoms with Gasteiger partial charge in [0.25, 0.3) is 0 Å². The molecule has 2 N–H and O–H groups in total. The lowest BCUT2D eigenvalue weighted by Crippen LogP contribution is -1.74. The average molecular weight is 118 g/mol. The molecule has 2 nitrogen and oxygen atoms in total. The molecule has 0 amide bonds. The second-order valence-corrected chi connectivity index (χ2v) is 1.58. The first-order chi connectivity index (χ1) is 2.89. The minimum atomic E-state index is 0. The van der Waals surface area contributed by atoms with Gasteiger partial charge in [-0.25, -0.2) is 0 Å². The summed E-state index contributed by atoms with van der Waals surface area (Å²) in [4.78, 5) is 0. The Balaban J connectivity index is 0.000000360. The largest absolute Gasteiger partial charge is 0.465 e. The molecule has 3 heteroatoms. The van der Waals surface area contributed by atoms with Gasteiger partial charge in [0.15, 0.2) is 0 Å². The molecule has 0 spiro atoms. The van der Waals surface area contributed by atoms with E-state index >= 15 is 0 Å². The van der Waals surface area contributed by atoms with E-state index in [0.717, 1.165) is 5.50 Å². The predicted octanol–water partition coefficient (Wildman–Crippen LogP) is -0.0447. The Morgan fingerprint density at radius 2 is 2.29 bits per heavy atom. The first-order valence-electron chi connectivity index (χ1n) is 1.68. The van der Waals surface area contributed by atoms with E-state index in [0.29, 0.717) is 0 Å². The third kappa shape index (κ3) is 1.72. The van der Waals surface area contributed by atoms with Gasteiger partial charge in [0, 0.05) is 0 Å². The van der Waals surface area contributed by atoms with Gasteiger partial charge in [0.1, 0.15) is 5.50 Å². The number of hydrogen-bond donors (Lipinski definition) is 0. The molecule has 1 aromatic rings. The molecule has 40 valence electrons. The lowest BCUT2D eigenvalue weighted by Gasteiger charge is -1.69. The molecule has 0 bridgehead atoms. The monoisotopic (exact) mass is 118 g/mol. The van der Waals surface area contributed by atoms with Gasteiger partial charge in [-0.3, -0.25) is 0 Å². The Morgan fingerprint density at radius 1 is 1.57 bits per heavy atom. The zero-order chi connectivity index (χ0) is 4.41. The summed E-state index contributed by atoms with van der Waals surface area (Å²) in [5, 5.41) is 0. The van der Waals surface area contributed by atoms with Crippen molar-refractivity contribution < 1.29 is 9.89 Å². The zero-order valence-electron chi connectivity index (χ0n) is 3.72. The highest BCUT2D eigenvalue weighted by molar-refractivity contribution is 7.26. The third-order valence-corrected chi connectivity index (χ3v) is 0.872. The van der Waals surface area contributed by atoms with Gasteiger partial charge in [-0.05, 0) is 12.1 Å². The van der Waals surface area contributed by atoms with Crippen LogP contribution in [0.25, 0.3) is 0 Å². The van der Waals surface area contributed by atoms with Gasteiger partial charge in [0.05, 0.1) is 6.26 Å². The summed E-state index contributed by atoms with van der Waals surface area (Å²) in [6.07, 6.45) is 1.64. The number of rotatable bonds is 0. The van der Waals surface area contributed by atoms with E-state index in [1.807, 2.05) is 12.1 Å². The summed E-state index contributed by atoms with van der Waals surface area (Å²) in [5.41, 5.74) is 0.884. The summed E-state index contributed by atoms with van der Waals surface area (Å²) in [7, 11) is 2.45. The molecule has 1 rings (SSSR count). The molecule has 0 radical (unpaired) electrons. The lowest BCUT2D eigenvalue weighted by atomic mass is 10.7. The van der Waals surface area contributed by atoms with Crippen molar-refractivity contribution in [1.82, 2.24) is 0 Å². The van der Waals surface area contributed by atoms with E-state index in [9.17, 15) is 0 Å². The van der Waals surface area contributed by atoms with E-state index in [1.165, 1.54) is 0 Å². The van der Waals surface area contributed by atoms with E-state index in [2.05, 4.69) is 9.24 Å². The summed E-state index contributed by atoms with van der Waals surface area (Å²) in [6, 6.07) is 3.73. The highest BCUT2D eigenvalue weighted by Gasteiger charge is 1.76. The van der Waals surface area contributed by atoms with E-state index in [4.69, 9.17) is 4.42 Å². The maximum Gasteiger partial charge on any atom is 0.119 e. The van der Waals surface area contributed by atoms with Crippen LogP contribution in [-0.4, -0.2) is 5.48 Å². The van der Waals surface area contributed by atoms with Crippen LogP contribution in [0.2, 0.25) is 0 Å². The Hall–Kier alpha value is -0.330. The second kappa shape index (κ2) is 2.78. The van der Waals surface area contributed by atoms with Crippen LogP contribution in [0.5, 0.6) is 0 Å². The number of hydrogen-bond acceptors (Lipinski definition) is 1. The molecule has 1 unspecified atom stereocenters. The Kier molecular flexibility index (Phi) is 2.65. The minimum absolute atomic E-state index is 0. The van der Waals surface area contributed by atoms with Crippen molar-refractivity contribution in [2.24, 2.45) is 0 Å². The molecule has 1 atom stereocenters. The minimum Gasteiger partial charge on any atom is -0.465 e. The molecule has 0 aliphatic heterocycles. The summed E-state index contributed by atoms with van der Waals surface area (Å²) < 4.78 is 4.80. The fourth-order valence-electron chi connectivity index (χ4n) is 0.291. The average Bonchev–Trinajstić information content (AvgIpc) is 1.86. The van der Waals surface area contributed by atoms with E-state index in [1.54, 1.807) is 6.26 Å². The van der Waals surface area contributed by atoms with Crippen molar-refractivity contribution in [3.8, 4) is 0 Å². The van der Waals surface area contributed by atoms with Gasteiger partial charge < -0.3 is 9.89 Å². The molecular formula is C4H7O2P. The zero-order valence-corrected chi connectivity index (χ0v) is 4.87. The highest BCUT2D eigenvalue weighted by atomic mass is 31.0. The van der Waals surface area contributed by atoms with Crippen molar-refractivity contribution >= 4 is 14.7 Å². The molecule has 1 aromatic heterocycles. The van der Waals surface area contributed by atoms with Crippen molar-refractivity contribution in [1.29, 1.82) is 0 Å². The van der Waals surface area contributed by atoms with Gasteiger partial charge >= 0.3 is 0 Å². The SMILES string of the molecule is O.Pc1ccco1. The molecule has 0 saturated carbocycles. The van der Waals surface area contributed by atoms with Crippen LogP contribution < -0.4 is 5.50 Å². The van der Waals surface area contributed by atoms with Crippen LogP contribution in [0.4, 0.5) is 0 Å². The van der Waals surface area contributed by atoms with Crippen LogP contribution >= 0.6 is 9.24 Å². The van der Waals surface area contributed by atoms with Crippen molar-refractivity contribution in [2.45, 2.75) is 0 Å². The van der Waals surface area contributed by atoms with Crippen LogP contribution in [-0.2, 0) is 0 Å². The predicted molar refractivity (Wildman–Crippen MR) is 31.7 cm³/mol. The van der Waals surface area contributed by atoms with Gasteiger partial charge in [-0.15, -0.1) is 0 Å². The van der Waals surface area contributed by atoms with Gasteiger partial charge in [-0.1, -0.05) is 9.24 Å². The maximum absolute atomic E-state index is 4.80. The molecular weight excluding hydrogens is 111 g/mol.